The minimum atomic E-state index is 0. The van der Waals surface area contributed by atoms with Crippen molar-refractivity contribution in [3.05, 3.63) is 70.8 Å². The van der Waals surface area contributed by atoms with Gasteiger partial charge >= 0.3 is 0 Å². The van der Waals surface area contributed by atoms with Gasteiger partial charge in [-0.3, -0.25) is 14.8 Å². The molecule has 0 aromatic heterocycles. The van der Waals surface area contributed by atoms with Gasteiger partial charge in [-0.05, 0) is 42.5 Å². The normalized spacial score (nSPS) is 17.6. The Morgan fingerprint density at radius 2 is 1.62 bits per heavy atom. The first-order valence-corrected chi connectivity index (χ1v) is 12.2. The first-order valence-electron chi connectivity index (χ1n) is 12.2. The predicted octanol–water partition coefficient (Wildman–Crippen LogP) is 3.64. The summed E-state index contributed by atoms with van der Waals surface area (Å²) < 4.78 is 5.50. The molecule has 2 aliphatic heterocycles. The van der Waals surface area contributed by atoms with Gasteiger partial charge in [0.25, 0.3) is 0 Å². The number of ether oxygens (including phenoxy) is 1. The second-order valence-corrected chi connectivity index (χ2v) is 9.69. The van der Waals surface area contributed by atoms with Gasteiger partial charge < -0.3 is 15.4 Å². The molecule has 0 saturated carbocycles. The number of nitrogens with zero attached hydrogens (tertiary/aromatic N) is 3. The quantitative estimate of drug-likeness (QED) is 0.299. The van der Waals surface area contributed by atoms with E-state index in [1.807, 2.05) is 7.05 Å². The van der Waals surface area contributed by atoms with Crippen LogP contribution in [0, 0.1) is 0 Å². The lowest BCUT2D eigenvalue weighted by Gasteiger charge is -2.42. The van der Waals surface area contributed by atoms with Crippen LogP contribution in [0.4, 0.5) is 0 Å². The third kappa shape index (κ3) is 7.16. The van der Waals surface area contributed by atoms with Crippen LogP contribution in [0.3, 0.4) is 0 Å². The number of halogens is 1. The number of hydrogen-bond donors (Lipinski definition) is 2. The molecule has 6 nitrogen and oxygen atoms in total. The van der Waals surface area contributed by atoms with Gasteiger partial charge in [-0.25, -0.2) is 0 Å². The lowest BCUT2D eigenvalue weighted by molar-refractivity contribution is 0.0341. The van der Waals surface area contributed by atoms with Crippen LogP contribution < -0.4 is 10.6 Å². The number of fused-ring (bicyclic) bond motifs is 1. The number of aliphatic imine (C=N–C) groups is 1. The lowest BCUT2D eigenvalue weighted by Crippen LogP contribution is -2.54. The van der Waals surface area contributed by atoms with Gasteiger partial charge in [-0.2, -0.15) is 0 Å². The summed E-state index contributed by atoms with van der Waals surface area (Å²) in [5, 5.41) is 7.10. The van der Waals surface area contributed by atoms with Gasteiger partial charge in [-0.1, -0.05) is 48.5 Å². The fourth-order valence-corrected chi connectivity index (χ4v) is 4.71. The smallest absolute Gasteiger partial charge is 0.191 e. The van der Waals surface area contributed by atoms with Crippen molar-refractivity contribution in [2.45, 2.75) is 45.4 Å². The van der Waals surface area contributed by atoms with E-state index < -0.39 is 0 Å². The van der Waals surface area contributed by atoms with Crippen LogP contribution in [0.15, 0.2) is 53.5 Å². The summed E-state index contributed by atoms with van der Waals surface area (Å²) >= 11 is 0. The molecular weight excluding hydrogens is 537 g/mol. The standard InChI is InChI=1S/C27H39N5O.HI/c1-27(2,32-13-12-22-8-4-6-11-25(22)20-32)21-30-26(28-3)29-18-23-9-5-7-10-24(23)19-31-14-16-33-17-15-31;/h4-11H,12-21H2,1-3H3,(H2,28,29,30);1H. The molecule has 186 valence electrons. The Hall–Kier alpha value is -1.68. The Bertz CT molecular complexity index is 942. The monoisotopic (exact) mass is 577 g/mol. The molecule has 1 saturated heterocycles. The van der Waals surface area contributed by atoms with E-state index in [2.05, 4.69) is 87.8 Å². The van der Waals surface area contributed by atoms with Crippen molar-refractivity contribution in [1.82, 2.24) is 20.4 Å². The topological polar surface area (TPSA) is 52.1 Å². The van der Waals surface area contributed by atoms with E-state index in [4.69, 9.17) is 4.74 Å². The minimum Gasteiger partial charge on any atom is -0.379 e. The lowest BCUT2D eigenvalue weighted by atomic mass is 9.94. The molecule has 0 atom stereocenters. The Balaban J connectivity index is 0.00000324. The zero-order valence-electron chi connectivity index (χ0n) is 20.8. The molecule has 2 aromatic rings. The summed E-state index contributed by atoms with van der Waals surface area (Å²) in [7, 11) is 1.85. The maximum absolute atomic E-state index is 5.50. The number of rotatable bonds is 7. The van der Waals surface area contributed by atoms with Crippen molar-refractivity contribution in [3.8, 4) is 0 Å². The molecule has 0 amide bonds. The Morgan fingerprint density at radius 3 is 2.35 bits per heavy atom. The van der Waals surface area contributed by atoms with Crippen LogP contribution >= 0.6 is 24.0 Å². The largest absolute Gasteiger partial charge is 0.379 e. The molecule has 7 heteroatoms. The van der Waals surface area contributed by atoms with Crippen molar-refractivity contribution in [2.75, 3.05) is 46.4 Å². The highest BCUT2D eigenvalue weighted by Crippen LogP contribution is 2.25. The molecule has 2 N–H and O–H groups in total. The second-order valence-electron chi connectivity index (χ2n) is 9.69. The van der Waals surface area contributed by atoms with Crippen molar-refractivity contribution in [3.63, 3.8) is 0 Å². The van der Waals surface area contributed by atoms with Gasteiger partial charge in [-0.15, -0.1) is 24.0 Å². The molecule has 2 aromatic carbocycles. The number of nitrogens with one attached hydrogen (secondary N) is 2. The van der Waals surface area contributed by atoms with E-state index in [1.54, 1.807) is 0 Å². The number of morpholine rings is 1. The second kappa shape index (κ2) is 12.9. The van der Waals surface area contributed by atoms with Crippen molar-refractivity contribution >= 4 is 29.9 Å². The molecule has 0 radical (unpaired) electrons. The summed E-state index contributed by atoms with van der Waals surface area (Å²) in [6.07, 6.45) is 1.12. The SMILES string of the molecule is CN=C(NCc1ccccc1CN1CCOCC1)NCC(C)(C)N1CCc2ccccc2C1.I. The van der Waals surface area contributed by atoms with Gasteiger partial charge in [0.15, 0.2) is 5.96 Å². The first-order chi connectivity index (χ1) is 16.0. The van der Waals surface area contributed by atoms with Crippen LogP contribution in [0.25, 0.3) is 0 Å². The van der Waals surface area contributed by atoms with Crippen LogP contribution in [-0.4, -0.2) is 67.7 Å². The summed E-state index contributed by atoms with van der Waals surface area (Å²) in [5.41, 5.74) is 5.66. The highest BCUT2D eigenvalue weighted by atomic mass is 127. The molecular formula is C27H40IN5O. The predicted molar refractivity (Wildman–Crippen MR) is 151 cm³/mol. The molecule has 2 heterocycles. The van der Waals surface area contributed by atoms with Crippen LogP contribution in [0.1, 0.15) is 36.1 Å². The van der Waals surface area contributed by atoms with Crippen LogP contribution in [0.2, 0.25) is 0 Å². The average molecular weight is 578 g/mol. The van der Waals surface area contributed by atoms with Crippen LogP contribution in [0.5, 0.6) is 0 Å². The fourth-order valence-electron chi connectivity index (χ4n) is 4.71. The molecule has 0 unspecified atom stereocenters. The third-order valence-electron chi connectivity index (χ3n) is 6.96. The molecule has 0 bridgehead atoms. The average Bonchev–Trinajstić information content (AvgIpc) is 2.85. The van der Waals surface area contributed by atoms with Crippen molar-refractivity contribution in [2.24, 2.45) is 4.99 Å². The zero-order chi connectivity index (χ0) is 23.1. The molecule has 2 aliphatic rings. The van der Waals surface area contributed by atoms with Gasteiger partial charge in [0.2, 0.25) is 0 Å². The van der Waals surface area contributed by atoms with Gasteiger partial charge in [0, 0.05) is 58.4 Å². The van der Waals surface area contributed by atoms with E-state index in [0.717, 1.165) is 71.4 Å². The number of benzene rings is 2. The van der Waals surface area contributed by atoms with Gasteiger partial charge in [0.05, 0.1) is 13.2 Å². The summed E-state index contributed by atoms with van der Waals surface area (Å²) in [4.78, 5) is 9.53. The van der Waals surface area contributed by atoms with Crippen molar-refractivity contribution < 1.29 is 4.74 Å². The highest BCUT2D eigenvalue weighted by molar-refractivity contribution is 14.0. The molecule has 34 heavy (non-hydrogen) atoms. The first kappa shape index (κ1) is 26.9. The molecule has 1 fully saturated rings. The zero-order valence-corrected chi connectivity index (χ0v) is 23.2. The molecule has 4 rings (SSSR count). The number of hydrogen-bond acceptors (Lipinski definition) is 4. The van der Waals surface area contributed by atoms with Crippen molar-refractivity contribution in [1.29, 1.82) is 0 Å². The molecule has 0 aliphatic carbocycles. The summed E-state index contributed by atoms with van der Waals surface area (Å²) in [6.45, 7) is 13.0. The highest BCUT2D eigenvalue weighted by Gasteiger charge is 2.29. The maximum atomic E-state index is 5.50. The minimum absolute atomic E-state index is 0. The third-order valence-corrected chi connectivity index (χ3v) is 6.96. The number of guanidine groups is 1. The van der Waals surface area contributed by atoms with E-state index in [0.29, 0.717) is 0 Å². The Kier molecular flexibility index (Phi) is 10.2. The fraction of sp³-hybridized carbons (Fsp3) is 0.519. The van der Waals surface area contributed by atoms with E-state index in [-0.39, 0.29) is 29.5 Å². The summed E-state index contributed by atoms with van der Waals surface area (Å²) in [5.74, 6) is 0.849. The van der Waals surface area contributed by atoms with E-state index >= 15 is 0 Å². The van der Waals surface area contributed by atoms with Gasteiger partial charge in [0.1, 0.15) is 0 Å². The maximum Gasteiger partial charge on any atom is 0.191 e. The molecule has 0 spiro atoms. The Morgan fingerprint density at radius 1 is 0.941 bits per heavy atom. The Labute approximate surface area is 222 Å². The summed E-state index contributed by atoms with van der Waals surface area (Å²) in [6, 6.07) is 17.5. The van der Waals surface area contributed by atoms with E-state index in [9.17, 15) is 0 Å². The van der Waals surface area contributed by atoms with Crippen LogP contribution in [-0.2, 0) is 30.8 Å². The van der Waals surface area contributed by atoms with E-state index in [1.165, 1.54) is 22.3 Å².